The van der Waals surface area contributed by atoms with Gasteiger partial charge >= 0.3 is 0 Å². The van der Waals surface area contributed by atoms with Crippen molar-refractivity contribution >= 4 is 22.4 Å². The minimum atomic E-state index is -0.716. The molecule has 0 saturated carbocycles. The first-order chi connectivity index (χ1) is 11.6. The molecular weight excluding hydrogens is 336 g/mol. The number of pyridine rings is 1. The molecule has 5 nitrogen and oxygen atoms in total. The van der Waals surface area contributed by atoms with Gasteiger partial charge in [-0.05, 0) is 12.1 Å². The average Bonchev–Trinajstić information content (AvgIpc) is 3.05. The molecule has 24 heavy (non-hydrogen) atoms. The normalized spacial score (nSPS) is 10.4. The Labute approximate surface area is 140 Å². The zero-order chi connectivity index (χ0) is 16.9. The summed E-state index contributed by atoms with van der Waals surface area (Å²) in [6.07, 6.45) is 2.99. The quantitative estimate of drug-likeness (QED) is 0.765. The number of rotatable bonds is 5. The Morgan fingerprint density at radius 3 is 2.58 bits per heavy atom. The highest BCUT2D eigenvalue weighted by Crippen LogP contribution is 2.17. The standard InChI is InChI=1S/C16H11F2N3O2S/c17-11-5-12(18)7-14(6-11)23-9-13-2-1-10(8-20-13)15(22)21-16-19-3-4-24-16/h1-8H,9H2,(H,19,21,22). The number of hydrogen-bond acceptors (Lipinski definition) is 5. The molecule has 1 aromatic carbocycles. The van der Waals surface area contributed by atoms with Gasteiger partial charge in [-0.2, -0.15) is 0 Å². The molecule has 1 amide bonds. The lowest BCUT2D eigenvalue weighted by Crippen LogP contribution is -2.12. The number of carbonyl (C=O) groups is 1. The van der Waals surface area contributed by atoms with Crippen LogP contribution in [-0.2, 0) is 6.61 Å². The maximum Gasteiger partial charge on any atom is 0.259 e. The van der Waals surface area contributed by atoms with Gasteiger partial charge in [-0.3, -0.25) is 15.1 Å². The number of nitrogens with one attached hydrogen (secondary N) is 1. The second-order valence-corrected chi connectivity index (χ2v) is 5.62. The summed E-state index contributed by atoms with van der Waals surface area (Å²) in [6.45, 7) is 0.0251. The fourth-order valence-electron chi connectivity index (χ4n) is 1.87. The van der Waals surface area contributed by atoms with Crippen molar-refractivity contribution in [1.82, 2.24) is 9.97 Å². The second kappa shape index (κ2) is 7.14. The van der Waals surface area contributed by atoms with Crippen LogP contribution in [0.15, 0.2) is 48.1 Å². The molecular formula is C16H11F2N3O2S. The third kappa shape index (κ3) is 4.11. The van der Waals surface area contributed by atoms with Gasteiger partial charge in [0.05, 0.1) is 11.3 Å². The number of aromatic nitrogens is 2. The van der Waals surface area contributed by atoms with Crippen molar-refractivity contribution in [2.24, 2.45) is 0 Å². The summed E-state index contributed by atoms with van der Waals surface area (Å²) in [5.74, 6) is -1.68. The van der Waals surface area contributed by atoms with Crippen LogP contribution in [0.4, 0.5) is 13.9 Å². The molecule has 0 unspecified atom stereocenters. The van der Waals surface area contributed by atoms with Gasteiger partial charge in [0.15, 0.2) is 5.13 Å². The molecule has 0 fully saturated rings. The Balaban J connectivity index is 1.61. The lowest BCUT2D eigenvalue weighted by atomic mass is 10.2. The third-order valence-electron chi connectivity index (χ3n) is 2.96. The minimum Gasteiger partial charge on any atom is -0.487 e. The number of thiazole rings is 1. The summed E-state index contributed by atoms with van der Waals surface area (Å²) in [5.41, 5.74) is 0.885. The van der Waals surface area contributed by atoms with Gasteiger partial charge in [0, 0.05) is 36.0 Å². The van der Waals surface area contributed by atoms with Crippen molar-refractivity contribution in [2.75, 3.05) is 5.32 Å². The van der Waals surface area contributed by atoms with Gasteiger partial charge in [0.2, 0.25) is 0 Å². The Morgan fingerprint density at radius 2 is 1.96 bits per heavy atom. The van der Waals surface area contributed by atoms with Gasteiger partial charge in [-0.15, -0.1) is 11.3 Å². The van der Waals surface area contributed by atoms with Crippen molar-refractivity contribution in [2.45, 2.75) is 6.61 Å². The first kappa shape index (κ1) is 16.0. The summed E-state index contributed by atoms with van der Waals surface area (Å²) >= 11 is 1.31. The number of ether oxygens (including phenoxy) is 1. The number of amides is 1. The zero-order valence-electron chi connectivity index (χ0n) is 12.2. The summed E-state index contributed by atoms with van der Waals surface area (Å²) < 4.78 is 31.4. The van der Waals surface area contributed by atoms with E-state index in [1.165, 1.54) is 17.5 Å². The Morgan fingerprint density at radius 1 is 1.17 bits per heavy atom. The molecule has 0 atom stereocenters. The predicted molar refractivity (Wildman–Crippen MR) is 85.0 cm³/mol. The molecule has 2 aromatic heterocycles. The highest BCUT2D eigenvalue weighted by atomic mass is 32.1. The molecule has 0 bridgehead atoms. The van der Waals surface area contributed by atoms with Gasteiger partial charge in [0.1, 0.15) is 24.0 Å². The zero-order valence-corrected chi connectivity index (χ0v) is 13.0. The van der Waals surface area contributed by atoms with Crippen LogP contribution in [0.1, 0.15) is 16.1 Å². The number of nitrogens with zero attached hydrogens (tertiary/aromatic N) is 2. The van der Waals surface area contributed by atoms with Gasteiger partial charge in [-0.25, -0.2) is 13.8 Å². The lowest BCUT2D eigenvalue weighted by Gasteiger charge is -2.07. The molecule has 0 radical (unpaired) electrons. The largest absolute Gasteiger partial charge is 0.487 e. The van der Waals surface area contributed by atoms with E-state index < -0.39 is 11.6 Å². The SMILES string of the molecule is O=C(Nc1nccs1)c1ccc(COc2cc(F)cc(F)c2)nc1. The highest BCUT2D eigenvalue weighted by Gasteiger charge is 2.08. The van der Waals surface area contributed by atoms with Crippen LogP contribution < -0.4 is 10.1 Å². The molecule has 0 aliphatic heterocycles. The molecule has 122 valence electrons. The van der Waals surface area contributed by atoms with Gasteiger partial charge < -0.3 is 4.74 Å². The topological polar surface area (TPSA) is 64.1 Å². The van der Waals surface area contributed by atoms with E-state index in [0.717, 1.165) is 18.2 Å². The average molecular weight is 347 g/mol. The molecule has 3 rings (SSSR count). The first-order valence-electron chi connectivity index (χ1n) is 6.85. The van der Waals surface area contributed by atoms with Crippen LogP contribution >= 0.6 is 11.3 Å². The Bertz CT molecular complexity index is 819. The number of benzene rings is 1. The van der Waals surface area contributed by atoms with Crippen molar-refractivity contribution < 1.29 is 18.3 Å². The van der Waals surface area contributed by atoms with Crippen LogP contribution in [0.25, 0.3) is 0 Å². The fourth-order valence-corrected chi connectivity index (χ4v) is 2.39. The van der Waals surface area contributed by atoms with Crippen molar-refractivity contribution in [3.8, 4) is 5.75 Å². The summed E-state index contributed by atoms with van der Waals surface area (Å²) in [6, 6.07) is 6.12. The molecule has 0 aliphatic rings. The molecule has 0 saturated heterocycles. The molecule has 8 heteroatoms. The van der Waals surface area contributed by atoms with E-state index in [2.05, 4.69) is 15.3 Å². The third-order valence-corrected chi connectivity index (χ3v) is 3.65. The Kier molecular flexibility index (Phi) is 4.76. The van der Waals surface area contributed by atoms with Crippen LogP contribution in [0.2, 0.25) is 0 Å². The van der Waals surface area contributed by atoms with Crippen LogP contribution in [0.3, 0.4) is 0 Å². The van der Waals surface area contributed by atoms with E-state index in [9.17, 15) is 13.6 Å². The second-order valence-electron chi connectivity index (χ2n) is 4.72. The number of carbonyl (C=O) groups excluding carboxylic acids is 1. The van der Waals surface area contributed by atoms with E-state index in [4.69, 9.17) is 4.74 Å². The van der Waals surface area contributed by atoms with E-state index in [1.807, 2.05) is 0 Å². The maximum atomic E-state index is 13.1. The summed E-state index contributed by atoms with van der Waals surface area (Å²) in [5, 5.41) is 4.90. The number of halogens is 2. The van der Waals surface area contributed by atoms with Crippen molar-refractivity contribution in [3.63, 3.8) is 0 Å². The molecule has 3 aromatic rings. The fraction of sp³-hybridized carbons (Fsp3) is 0.0625. The number of hydrogen-bond donors (Lipinski definition) is 1. The molecule has 1 N–H and O–H groups in total. The molecule has 0 aliphatic carbocycles. The smallest absolute Gasteiger partial charge is 0.259 e. The maximum absolute atomic E-state index is 13.1. The summed E-state index contributed by atoms with van der Waals surface area (Å²) in [7, 11) is 0. The van der Waals surface area contributed by atoms with Crippen LogP contribution in [0.5, 0.6) is 5.75 Å². The predicted octanol–water partition coefficient (Wildman–Crippen LogP) is 3.65. The Hall–Kier alpha value is -2.87. The van der Waals surface area contributed by atoms with Gasteiger partial charge in [0.25, 0.3) is 5.91 Å². The number of anilines is 1. The highest BCUT2D eigenvalue weighted by molar-refractivity contribution is 7.13. The van der Waals surface area contributed by atoms with E-state index in [0.29, 0.717) is 16.4 Å². The van der Waals surface area contributed by atoms with Crippen LogP contribution in [0, 0.1) is 11.6 Å². The van der Waals surface area contributed by atoms with E-state index in [-0.39, 0.29) is 18.3 Å². The van der Waals surface area contributed by atoms with E-state index in [1.54, 1.807) is 23.7 Å². The lowest BCUT2D eigenvalue weighted by molar-refractivity contribution is 0.102. The molecule has 0 spiro atoms. The van der Waals surface area contributed by atoms with Crippen molar-refractivity contribution in [1.29, 1.82) is 0 Å². The first-order valence-corrected chi connectivity index (χ1v) is 7.73. The van der Waals surface area contributed by atoms with Crippen LogP contribution in [-0.4, -0.2) is 15.9 Å². The minimum absolute atomic E-state index is 0.0251. The monoisotopic (exact) mass is 347 g/mol. The van der Waals surface area contributed by atoms with Crippen molar-refractivity contribution in [3.05, 3.63) is 71.0 Å². The van der Waals surface area contributed by atoms with E-state index >= 15 is 0 Å². The molecule has 2 heterocycles. The summed E-state index contributed by atoms with van der Waals surface area (Å²) in [4.78, 5) is 20.0. The van der Waals surface area contributed by atoms with Gasteiger partial charge in [-0.1, -0.05) is 0 Å².